The third kappa shape index (κ3) is 4.41. The van der Waals surface area contributed by atoms with Crippen LogP contribution in [0.4, 0.5) is 0 Å². The van der Waals surface area contributed by atoms with Crippen LogP contribution in [0, 0.1) is 6.92 Å². The predicted octanol–water partition coefficient (Wildman–Crippen LogP) is 3.91. The van der Waals surface area contributed by atoms with E-state index in [0.29, 0.717) is 6.04 Å². The highest BCUT2D eigenvalue weighted by molar-refractivity contribution is 7.12. The summed E-state index contributed by atoms with van der Waals surface area (Å²) in [4.78, 5) is 2.77. The fourth-order valence-electron chi connectivity index (χ4n) is 2.00. The quantitative estimate of drug-likeness (QED) is 0.760. The molecule has 1 aromatic heterocycles. The minimum absolute atomic E-state index is 0.282. The zero-order chi connectivity index (χ0) is 12.7. The molecule has 0 fully saturated rings. The van der Waals surface area contributed by atoms with E-state index in [9.17, 15) is 0 Å². The van der Waals surface area contributed by atoms with E-state index < -0.39 is 0 Å². The van der Waals surface area contributed by atoms with Crippen LogP contribution >= 0.6 is 11.3 Å². The molecule has 98 valence electrons. The number of rotatable bonds is 8. The van der Waals surface area contributed by atoms with Crippen LogP contribution in [0.15, 0.2) is 12.1 Å². The van der Waals surface area contributed by atoms with Crippen LogP contribution in [0.5, 0.6) is 0 Å². The Balaban J connectivity index is 2.77. The largest absolute Gasteiger partial charge is 0.377 e. The fourth-order valence-corrected chi connectivity index (χ4v) is 3.01. The van der Waals surface area contributed by atoms with Crippen molar-refractivity contribution in [2.75, 3.05) is 13.2 Å². The maximum atomic E-state index is 5.86. The van der Waals surface area contributed by atoms with Crippen LogP contribution in [0.1, 0.15) is 49.4 Å². The maximum Gasteiger partial charge on any atom is 0.0774 e. The number of ether oxygens (including phenoxy) is 1. The summed E-state index contributed by atoms with van der Waals surface area (Å²) in [6.45, 7) is 10.5. The summed E-state index contributed by atoms with van der Waals surface area (Å²) < 4.78 is 5.86. The molecule has 1 N–H and O–H groups in total. The average molecular weight is 255 g/mol. The summed E-state index contributed by atoms with van der Waals surface area (Å²) in [5.74, 6) is 0. The molecule has 0 aliphatic carbocycles. The van der Waals surface area contributed by atoms with Gasteiger partial charge in [0.05, 0.1) is 12.1 Å². The summed E-state index contributed by atoms with van der Waals surface area (Å²) in [6, 6.07) is 4.77. The normalized spacial score (nSPS) is 14.8. The molecule has 1 aromatic rings. The minimum atomic E-state index is 0.282. The van der Waals surface area contributed by atoms with Gasteiger partial charge in [-0.25, -0.2) is 0 Å². The fraction of sp³-hybridized carbons (Fsp3) is 0.714. The first-order valence-electron chi connectivity index (χ1n) is 6.64. The molecule has 0 saturated heterocycles. The van der Waals surface area contributed by atoms with Crippen molar-refractivity contribution in [3.63, 3.8) is 0 Å². The van der Waals surface area contributed by atoms with Crippen molar-refractivity contribution in [1.29, 1.82) is 0 Å². The second-order valence-corrected chi connectivity index (χ2v) is 5.60. The van der Waals surface area contributed by atoms with E-state index in [2.05, 4.69) is 45.1 Å². The molecule has 0 radical (unpaired) electrons. The van der Waals surface area contributed by atoms with Crippen LogP contribution in [0.3, 0.4) is 0 Å². The van der Waals surface area contributed by atoms with Gasteiger partial charge in [-0.1, -0.05) is 13.8 Å². The van der Waals surface area contributed by atoms with Gasteiger partial charge >= 0.3 is 0 Å². The zero-order valence-electron chi connectivity index (χ0n) is 11.5. The van der Waals surface area contributed by atoms with E-state index in [-0.39, 0.29) is 6.10 Å². The van der Waals surface area contributed by atoms with Gasteiger partial charge in [-0.15, -0.1) is 11.3 Å². The molecular weight excluding hydrogens is 230 g/mol. The Labute approximate surface area is 109 Å². The topological polar surface area (TPSA) is 21.3 Å². The molecule has 3 heteroatoms. The molecule has 2 nitrogen and oxygen atoms in total. The highest BCUT2D eigenvalue weighted by atomic mass is 32.1. The highest BCUT2D eigenvalue weighted by Crippen LogP contribution is 2.28. The van der Waals surface area contributed by atoms with Gasteiger partial charge in [-0.05, 0) is 45.4 Å². The van der Waals surface area contributed by atoms with Gasteiger partial charge in [-0.3, -0.25) is 0 Å². The molecule has 0 amide bonds. The molecule has 0 aromatic carbocycles. The van der Waals surface area contributed by atoms with Crippen LogP contribution < -0.4 is 5.32 Å². The smallest absolute Gasteiger partial charge is 0.0774 e. The van der Waals surface area contributed by atoms with Gasteiger partial charge in [0.2, 0.25) is 0 Å². The molecule has 0 aliphatic rings. The number of hydrogen-bond donors (Lipinski definition) is 1. The molecule has 1 rings (SSSR count). The third-order valence-electron chi connectivity index (χ3n) is 2.84. The lowest BCUT2D eigenvalue weighted by Crippen LogP contribution is -2.33. The monoisotopic (exact) mass is 255 g/mol. The first kappa shape index (κ1) is 14.7. The summed E-state index contributed by atoms with van der Waals surface area (Å²) in [6.07, 6.45) is 2.49. The van der Waals surface area contributed by atoms with Crippen molar-refractivity contribution < 1.29 is 4.74 Å². The van der Waals surface area contributed by atoms with Crippen molar-refractivity contribution in [2.24, 2.45) is 0 Å². The molecule has 0 aliphatic heterocycles. The summed E-state index contributed by atoms with van der Waals surface area (Å²) in [5, 5.41) is 3.62. The zero-order valence-corrected chi connectivity index (χ0v) is 12.3. The van der Waals surface area contributed by atoms with Crippen LogP contribution in [0.2, 0.25) is 0 Å². The molecule has 2 atom stereocenters. The predicted molar refractivity (Wildman–Crippen MR) is 75.8 cm³/mol. The second kappa shape index (κ2) is 7.85. The Hall–Kier alpha value is -0.380. The first-order chi connectivity index (χ1) is 8.22. The van der Waals surface area contributed by atoms with E-state index in [1.54, 1.807) is 0 Å². The first-order valence-corrected chi connectivity index (χ1v) is 7.45. The molecule has 0 bridgehead atoms. The van der Waals surface area contributed by atoms with Crippen LogP contribution in [0.25, 0.3) is 0 Å². The van der Waals surface area contributed by atoms with Crippen molar-refractivity contribution in [3.8, 4) is 0 Å². The second-order valence-electron chi connectivity index (χ2n) is 4.28. The van der Waals surface area contributed by atoms with Gasteiger partial charge in [0, 0.05) is 16.4 Å². The Bertz CT molecular complexity index is 311. The lowest BCUT2D eigenvalue weighted by atomic mass is 10.1. The van der Waals surface area contributed by atoms with Crippen LogP contribution in [-0.2, 0) is 4.74 Å². The summed E-state index contributed by atoms with van der Waals surface area (Å²) in [7, 11) is 0. The van der Waals surface area contributed by atoms with E-state index in [0.717, 1.165) is 26.0 Å². The average Bonchev–Trinajstić information content (AvgIpc) is 2.75. The van der Waals surface area contributed by atoms with E-state index in [1.165, 1.54) is 9.75 Å². The van der Waals surface area contributed by atoms with Gasteiger partial charge in [0.1, 0.15) is 0 Å². The maximum absolute atomic E-state index is 5.86. The number of aryl methyl sites for hydroxylation is 1. The third-order valence-corrected chi connectivity index (χ3v) is 3.92. The SMILES string of the molecule is CCCNC(c1ccc(C)s1)C(CC)OCC. The minimum Gasteiger partial charge on any atom is -0.377 e. The highest BCUT2D eigenvalue weighted by Gasteiger charge is 2.22. The molecule has 17 heavy (non-hydrogen) atoms. The molecule has 0 spiro atoms. The molecule has 2 unspecified atom stereocenters. The summed E-state index contributed by atoms with van der Waals surface area (Å²) in [5.41, 5.74) is 0. The number of hydrogen-bond acceptors (Lipinski definition) is 3. The van der Waals surface area contributed by atoms with Gasteiger partial charge in [-0.2, -0.15) is 0 Å². The molecule has 0 saturated carbocycles. The van der Waals surface area contributed by atoms with Gasteiger partial charge in [0.25, 0.3) is 0 Å². The number of nitrogens with one attached hydrogen (secondary N) is 1. The van der Waals surface area contributed by atoms with Crippen molar-refractivity contribution in [2.45, 2.75) is 52.7 Å². The lowest BCUT2D eigenvalue weighted by molar-refractivity contribution is 0.0323. The lowest BCUT2D eigenvalue weighted by Gasteiger charge is -2.26. The summed E-state index contributed by atoms with van der Waals surface area (Å²) >= 11 is 1.87. The van der Waals surface area contributed by atoms with Crippen molar-refractivity contribution in [3.05, 3.63) is 21.9 Å². The van der Waals surface area contributed by atoms with Crippen LogP contribution in [-0.4, -0.2) is 19.3 Å². The van der Waals surface area contributed by atoms with Crippen molar-refractivity contribution >= 4 is 11.3 Å². The Morgan fingerprint density at radius 3 is 2.53 bits per heavy atom. The molecule has 1 heterocycles. The Morgan fingerprint density at radius 1 is 1.29 bits per heavy atom. The number of thiophene rings is 1. The van der Waals surface area contributed by atoms with Crippen molar-refractivity contribution in [1.82, 2.24) is 5.32 Å². The van der Waals surface area contributed by atoms with E-state index in [4.69, 9.17) is 4.74 Å². The van der Waals surface area contributed by atoms with E-state index in [1.807, 2.05) is 11.3 Å². The van der Waals surface area contributed by atoms with Gasteiger partial charge < -0.3 is 10.1 Å². The standard InChI is InChI=1S/C14H25NOS/c1-5-10-15-14(12(6-2)16-7-3)13-9-8-11(4)17-13/h8-9,12,14-15H,5-7,10H2,1-4H3. The Morgan fingerprint density at radius 2 is 2.06 bits per heavy atom. The Kier molecular flexibility index (Phi) is 6.78. The molecular formula is C14H25NOS. The van der Waals surface area contributed by atoms with Gasteiger partial charge in [0.15, 0.2) is 0 Å². The van der Waals surface area contributed by atoms with E-state index >= 15 is 0 Å².